The number of esters is 1. The minimum Gasteiger partial charge on any atom is -0.473 e. The molecule has 0 aliphatic carbocycles. The monoisotopic (exact) mass is 238 g/mol. The van der Waals surface area contributed by atoms with Gasteiger partial charge in [-0.25, -0.2) is 14.8 Å². The van der Waals surface area contributed by atoms with Gasteiger partial charge in [0.15, 0.2) is 18.5 Å². The molecule has 0 bridgehead atoms. The number of pyridine rings is 1. The van der Waals surface area contributed by atoms with E-state index in [-0.39, 0.29) is 6.61 Å². The number of halogens is 1. The summed E-state index contributed by atoms with van der Waals surface area (Å²) < 4.78 is 22.8. The van der Waals surface area contributed by atoms with Gasteiger partial charge in [0.25, 0.3) is 0 Å². The third kappa shape index (κ3) is 2.41. The molecular weight excluding hydrogens is 227 g/mol. The van der Waals surface area contributed by atoms with Crippen molar-refractivity contribution >= 4 is 12.4 Å². The molecule has 1 aliphatic heterocycles. The number of rotatable bonds is 3. The Hall–Kier alpha value is -1.98. The zero-order valence-corrected chi connectivity index (χ0v) is 9.17. The molecule has 6 heteroatoms. The molecule has 0 N–H and O–H groups in total. The van der Waals surface area contributed by atoms with Crippen LogP contribution >= 0.6 is 0 Å². The summed E-state index contributed by atoms with van der Waals surface area (Å²) in [5.41, 5.74) is 0.585. The molecule has 5 nitrogen and oxygen atoms in total. The normalized spacial score (nSPS) is 22.2. The summed E-state index contributed by atoms with van der Waals surface area (Å²) in [5, 5.41) is 0. The van der Waals surface area contributed by atoms with Crippen LogP contribution in [0.4, 0.5) is 4.39 Å². The predicted octanol–water partition coefficient (Wildman–Crippen LogP) is 1.25. The summed E-state index contributed by atoms with van der Waals surface area (Å²) in [6.07, 6.45) is 1.93. The van der Waals surface area contributed by atoms with Gasteiger partial charge in [0, 0.05) is 11.8 Å². The number of ether oxygens (including phenoxy) is 2. The average Bonchev–Trinajstić information content (AvgIpc) is 2.79. The van der Waals surface area contributed by atoms with E-state index in [4.69, 9.17) is 9.47 Å². The molecular formula is C11H11FN2O3. The lowest BCUT2D eigenvalue weighted by Gasteiger charge is -2.15. The number of hydrogen-bond acceptors (Lipinski definition) is 5. The van der Waals surface area contributed by atoms with Crippen LogP contribution < -0.4 is 0 Å². The van der Waals surface area contributed by atoms with E-state index in [2.05, 4.69) is 9.98 Å². The van der Waals surface area contributed by atoms with Crippen LogP contribution in [0.5, 0.6) is 0 Å². The Morgan fingerprint density at radius 2 is 2.41 bits per heavy atom. The third-order valence-electron chi connectivity index (χ3n) is 2.32. The molecule has 17 heavy (non-hydrogen) atoms. The minimum absolute atomic E-state index is 0.277. The fourth-order valence-corrected chi connectivity index (χ4v) is 1.55. The molecule has 0 amide bonds. The molecule has 0 saturated heterocycles. The maximum absolute atomic E-state index is 12.7. The van der Waals surface area contributed by atoms with Crippen molar-refractivity contribution in [3.05, 3.63) is 29.8 Å². The Balaban J connectivity index is 2.15. The van der Waals surface area contributed by atoms with Crippen molar-refractivity contribution in [2.75, 3.05) is 6.61 Å². The second-order valence-corrected chi connectivity index (χ2v) is 3.42. The summed E-state index contributed by atoms with van der Waals surface area (Å²) >= 11 is 0. The lowest BCUT2D eigenvalue weighted by Crippen LogP contribution is -2.26. The SMILES string of the molecule is CCOC(=O)[C@@H]1N=CO[C@@H]1c1ccc(F)nc1. The van der Waals surface area contributed by atoms with Gasteiger partial charge in [0.1, 0.15) is 0 Å². The van der Waals surface area contributed by atoms with Crippen LogP contribution in [0, 0.1) is 5.95 Å². The van der Waals surface area contributed by atoms with Crippen molar-refractivity contribution in [2.24, 2.45) is 4.99 Å². The number of aliphatic imine (C=N–C) groups is 1. The quantitative estimate of drug-likeness (QED) is 0.587. The Morgan fingerprint density at radius 1 is 1.59 bits per heavy atom. The van der Waals surface area contributed by atoms with E-state index in [1.165, 1.54) is 24.7 Å². The van der Waals surface area contributed by atoms with Crippen LogP contribution in [-0.4, -0.2) is 30.0 Å². The van der Waals surface area contributed by atoms with E-state index in [9.17, 15) is 9.18 Å². The van der Waals surface area contributed by atoms with Crippen LogP contribution in [0.25, 0.3) is 0 Å². The van der Waals surface area contributed by atoms with E-state index >= 15 is 0 Å². The molecule has 2 rings (SSSR count). The first kappa shape index (κ1) is 11.5. The standard InChI is InChI=1S/C11H11FN2O3/c1-2-16-11(15)9-10(17-6-14-9)7-3-4-8(12)13-5-7/h3-6,9-10H,2H2,1H3/t9-,10-/m1/s1. The summed E-state index contributed by atoms with van der Waals surface area (Å²) in [7, 11) is 0. The van der Waals surface area contributed by atoms with Gasteiger partial charge < -0.3 is 9.47 Å². The first-order valence-electron chi connectivity index (χ1n) is 5.17. The van der Waals surface area contributed by atoms with Gasteiger partial charge in [0.2, 0.25) is 5.95 Å². The van der Waals surface area contributed by atoms with Gasteiger partial charge in [-0.1, -0.05) is 0 Å². The molecule has 1 aromatic rings. The van der Waals surface area contributed by atoms with Gasteiger partial charge >= 0.3 is 5.97 Å². The molecule has 0 radical (unpaired) electrons. The number of carbonyl (C=O) groups is 1. The molecule has 2 heterocycles. The molecule has 0 saturated carbocycles. The highest BCUT2D eigenvalue weighted by molar-refractivity contribution is 5.80. The minimum atomic E-state index is -0.748. The van der Waals surface area contributed by atoms with Crippen molar-refractivity contribution in [3.8, 4) is 0 Å². The average molecular weight is 238 g/mol. The van der Waals surface area contributed by atoms with E-state index in [1.807, 2.05) is 0 Å². The van der Waals surface area contributed by atoms with Crippen LogP contribution in [-0.2, 0) is 14.3 Å². The third-order valence-corrected chi connectivity index (χ3v) is 2.32. The lowest BCUT2D eigenvalue weighted by atomic mass is 10.1. The molecule has 0 aromatic carbocycles. The summed E-state index contributed by atoms with van der Waals surface area (Å²) in [4.78, 5) is 19.0. The topological polar surface area (TPSA) is 60.8 Å². The van der Waals surface area contributed by atoms with Crippen LogP contribution in [0.1, 0.15) is 18.6 Å². The molecule has 90 valence electrons. The van der Waals surface area contributed by atoms with Crippen molar-refractivity contribution < 1.29 is 18.7 Å². The molecule has 1 aromatic heterocycles. The van der Waals surface area contributed by atoms with E-state index in [0.717, 1.165) is 0 Å². The first-order chi connectivity index (χ1) is 8.22. The van der Waals surface area contributed by atoms with Gasteiger partial charge in [-0.05, 0) is 19.1 Å². The first-order valence-corrected chi connectivity index (χ1v) is 5.17. The van der Waals surface area contributed by atoms with Crippen LogP contribution in [0.2, 0.25) is 0 Å². The predicted molar refractivity (Wildman–Crippen MR) is 56.9 cm³/mol. The Kier molecular flexibility index (Phi) is 3.32. The second-order valence-electron chi connectivity index (χ2n) is 3.42. The smallest absolute Gasteiger partial charge is 0.335 e. The summed E-state index contributed by atoms with van der Waals surface area (Å²) in [6, 6.07) is 1.97. The maximum Gasteiger partial charge on any atom is 0.335 e. The highest BCUT2D eigenvalue weighted by atomic mass is 19.1. The van der Waals surface area contributed by atoms with E-state index in [0.29, 0.717) is 5.56 Å². The van der Waals surface area contributed by atoms with Crippen LogP contribution in [0.3, 0.4) is 0 Å². The lowest BCUT2D eigenvalue weighted by molar-refractivity contribution is -0.146. The van der Waals surface area contributed by atoms with Crippen molar-refractivity contribution in [1.29, 1.82) is 0 Å². The number of hydrogen-bond donors (Lipinski definition) is 0. The van der Waals surface area contributed by atoms with E-state index in [1.54, 1.807) is 6.92 Å². The van der Waals surface area contributed by atoms with Crippen LogP contribution in [0.15, 0.2) is 23.3 Å². The summed E-state index contributed by atoms with van der Waals surface area (Å²) in [5.74, 6) is -1.05. The highest BCUT2D eigenvalue weighted by Gasteiger charge is 2.35. The second kappa shape index (κ2) is 4.90. The fraction of sp³-hybridized carbons (Fsp3) is 0.364. The highest BCUT2D eigenvalue weighted by Crippen LogP contribution is 2.27. The van der Waals surface area contributed by atoms with Crippen molar-refractivity contribution in [3.63, 3.8) is 0 Å². The maximum atomic E-state index is 12.7. The molecule has 0 unspecified atom stereocenters. The molecule has 0 spiro atoms. The molecule has 0 fully saturated rings. The van der Waals surface area contributed by atoms with Gasteiger partial charge in [0.05, 0.1) is 6.61 Å². The Morgan fingerprint density at radius 3 is 3.06 bits per heavy atom. The fourth-order valence-electron chi connectivity index (χ4n) is 1.55. The van der Waals surface area contributed by atoms with Gasteiger partial charge in [-0.15, -0.1) is 0 Å². The van der Waals surface area contributed by atoms with E-state index < -0.39 is 24.1 Å². The molecule has 1 aliphatic rings. The van der Waals surface area contributed by atoms with Crippen molar-refractivity contribution in [1.82, 2.24) is 4.98 Å². The Bertz CT molecular complexity index is 433. The Labute approximate surface area is 97.3 Å². The van der Waals surface area contributed by atoms with Crippen molar-refractivity contribution in [2.45, 2.75) is 19.1 Å². The molecule has 2 atom stereocenters. The largest absolute Gasteiger partial charge is 0.473 e. The number of carbonyl (C=O) groups excluding carboxylic acids is 1. The zero-order valence-electron chi connectivity index (χ0n) is 9.17. The summed E-state index contributed by atoms with van der Waals surface area (Å²) in [6.45, 7) is 1.99. The number of nitrogens with zero attached hydrogens (tertiary/aromatic N) is 2. The zero-order chi connectivity index (χ0) is 12.3. The van der Waals surface area contributed by atoms with Gasteiger partial charge in [-0.2, -0.15) is 4.39 Å². The number of aromatic nitrogens is 1. The van der Waals surface area contributed by atoms with Gasteiger partial charge in [-0.3, -0.25) is 0 Å².